The highest BCUT2D eigenvalue weighted by molar-refractivity contribution is 9.10. The van der Waals surface area contributed by atoms with Crippen LogP contribution < -0.4 is 0 Å². The van der Waals surface area contributed by atoms with Crippen LogP contribution in [0.1, 0.15) is 22.8 Å². The minimum Gasteiger partial charge on any atom is -0.411 e. The minimum absolute atomic E-state index is 0.0274. The molecule has 3 aromatic rings. The van der Waals surface area contributed by atoms with Crippen molar-refractivity contribution in [2.45, 2.75) is 18.6 Å². The molecule has 0 aliphatic rings. The number of thioether (sulfide) groups is 1. The number of hydrogen-bond donors (Lipinski definition) is 0. The van der Waals surface area contributed by atoms with Gasteiger partial charge in [0.25, 0.3) is 5.22 Å². The summed E-state index contributed by atoms with van der Waals surface area (Å²) in [6, 6.07) is 15.3. The van der Waals surface area contributed by atoms with Crippen LogP contribution in [0.2, 0.25) is 0 Å². The SMILES string of the molecule is CCc1ccc(-c2nnc(SCC(=O)c3ccc(Br)cc3)o2)cc1. The van der Waals surface area contributed by atoms with Gasteiger partial charge in [0.1, 0.15) is 0 Å². The van der Waals surface area contributed by atoms with Gasteiger partial charge in [-0.2, -0.15) is 0 Å². The molecule has 0 spiro atoms. The van der Waals surface area contributed by atoms with Gasteiger partial charge in [0, 0.05) is 15.6 Å². The van der Waals surface area contributed by atoms with E-state index in [4.69, 9.17) is 4.42 Å². The monoisotopic (exact) mass is 402 g/mol. The molecule has 0 saturated carbocycles. The molecule has 4 nitrogen and oxygen atoms in total. The lowest BCUT2D eigenvalue weighted by atomic mass is 10.1. The third kappa shape index (κ3) is 4.13. The van der Waals surface area contributed by atoms with E-state index in [-0.39, 0.29) is 11.5 Å². The molecule has 0 atom stereocenters. The van der Waals surface area contributed by atoms with E-state index in [1.165, 1.54) is 17.3 Å². The number of halogens is 1. The Labute approximate surface area is 152 Å². The van der Waals surface area contributed by atoms with Gasteiger partial charge < -0.3 is 4.42 Å². The first-order chi connectivity index (χ1) is 11.7. The maximum absolute atomic E-state index is 12.2. The van der Waals surface area contributed by atoms with E-state index in [2.05, 4.69) is 33.1 Å². The zero-order valence-electron chi connectivity index (χ0n) is 13.0. The van der Waals surface area contributed by atoms with Gasteiger partial charge in [0.2, 0.25) is 5.89 Å². The second-order valence-corrected chi connectivity index (χ2v) is 6.98. The van der Waals surface area contributed by atoms with Crippen molar-refractivity contribution in [1.82, 2.24) is 10.2 Å². The van der Waals surface area contributed by atoms with Crippen LogP contribution in [0.25, 0.3) is 11.5 Å². The molecule has 122 valence electrons. The molecule has 0 amide bonds. The standard InChI is InChI=1S/C18H15BrN2O2S/c1-2-12-3-5-14(6-4-12)17-20-21-18(23-17)24-11-16(22)13-7-9-15(19)10-8-13/h3-10H,2,11H2,1H3. The molecule has 6 heteroatoms. The zero-order valence-corrected chi connectivity index (χ0v) is 15.4. The van der Waals surface area contributed by atoms with Gasteiger partial charge in [-0.1, -0.05) is 58.9 Å². The van der Waals surface area contributed by atoms with Crippen molar-refractivity contribution in [3.8, 4) is 11.5 Å². The highest BCUT2D eigenvalue weighted by Crippen LogP contribution is 2.24. The molecule has 1 heterocycles. The Morgan fingerprint density at radius 1 is 1.08 bits per heavy atom. The fraction of sp³-hybridized carbons (Fsp3) is 0.167. The van der Waals surface area contributed by atoms with E-state index in [1.807, 2.05) is 36.4 Å². The number of aromatic nitrogens is 2. The van der Waals surface area contributed by atoms with Crippen molar-refractivity contribution in [2.24, 2.45) is 0 Å². The first kappa shape index (κ1) is 16.9. The van der Waals surface area contributed by atoms with Crippen LogP contribution >= 0.6 is 27.7 Å². The summed E-state index contributed by atoms with van der Waals surface area (Å²) in [6.45, 7) is 2.11. The van der Waals surface area contributed by atoms with Crippen molar-refractivity contribution >= 4 is 33.5 Å². The highest BCUT2D eigenvalue weighted by atomic mass is 79.9. The Morgan fingerprint density at radius 2 is 1.79 bits per heavy atom. The van der Waals surface area contributed by atoms with E-state index < -0.39 is 0 Å². The molecule has 3 rings (SSSR count). The molecule has 0 bridgehead atoms. The first-order valence-electron chi connectivity index (χ1n) is 7.50. The Bertz CT molecular complexity index is 829. The molecule has 2 aromatic carbocycles. The molecule has 0 radical (unpaired) electrons. The normalized spacial score (nSPS) is 10.8. The van der Waals surface area contributed by atoms with Crippen LogP contribution in [-0.2, 0) is 6.42 Å². The summed E-state index contributed by atoms with van der Waals surface area (Å²) in [6.07, 6.45) is 0.989. The average Bonchev–Trinajstić information content (AvgIpc) is 3.09. The van der Waals surface area contributed by atoms with Crippen LogP contribution in [0.4, 0.5) is 0 Å². The maximum atomic E-state index is 12.2. The molecule has 1 aromatic heterocycles. The van der Waals surface area contributed by atoms with Gasteiger partial charge in [-0.15, -0.1) is 10.2 Å². The molecule has 0 saturated heterocycles. The van der Waals surface area contributed by atoms with Crippen molar-refractivity contribution in [3.63, 3.8) is 0 Å². The number of carbonyl (C=O) groups is 1. The summed E-state index contributed by atoms with van der Waals surface area (Å²) >= 11 is 4.60. The number of hydrogen-bond acceptors (Lipinski definition) is 5. The number of Topliss-reactive ketones (excluding diaryl/α,β-unsaturated/α-hetero) is 1. The Morgan fingerprint density at radius 3 is 2.46 bits per heavy atom. The van der Waals surface area contributed by atoms with Gasteiger partial charge in [-0.05, 0) is 36.2 Å². The number of rotatable bonds is 6. The summed E-state index contributed by atoms with van der Waals surface area (Å²) in [7, 11) is 0. The van der Waals surface area contributed by atoms with Crippen molar-refractivity contribution in [3.05, 3.63) is 64.1 Å². The highest BCUT2D eigenvalue weighted by Gasteiger charge is 2.12. The lowest BCUT2D eigenvalue weighted by molar-refractivity contribution is 0.102. The lowest BCUT2D eigenvalue weighted by Gasteiger charge is -1.99. The second-order valence-electron chi connectivity index (χ2n) is 5.14. The number of carbonyl (C=O) groups excluding carboxylic acids is 1. The van der Waals surface area contributed by atoms with Crippen molar-refractivity contribution in [1.29, 1.82) is 0 Å². The first-order valence-corrected chi connectivity index (χ1v) is 9.28. The number of nitrogens with zero attached hydrogens (tertiary/aromatic N) is 2. The number of ketones is 1. The smallest absolute Gasteiger partial charge is 0.277 e. The number of aryl methyl sites for hydroxylation is 1. The summed E-state index contributed by atoms with van der Waals surface area (Å²) in [5.74, 6) is 0.758. The minimum atomic E-state index is 0.0274. The van der Waals surface area contributed by atoms with Crippen LogP contribution in [0.5, 0.6) is 0 Å². The average molecular weight is 403 g/mol. The van der Waals surface area contributed by atoms with Gasteiger partial charge in [-0.25, -0.2) is 0 Å². The van der Waals surface area contributed by atoms with Crippen LogP contribution in [-0.4, -0.2) is 21.7 Å². The molecule has 0 aliphatic carbocycles. The van der Waals surface area contributed by atoms with Crippen LogP contribution in [0.15, 0.2) is 62.6 Å². The quantitative estimate of drug-likeness (QED) is 0.427. The van der Waals surface area contributed by atoms with Crippen LogP contribution in [0, 0.1) is 0 Å². The van der Waals surface area contributed by atoms with Crippen LogP contribution in [0.3, 0.4) is 0 Å². The van der Waals surface area contributed by atoms with E-state index >= 15 is 0 Å². The maximum Gasteiger partial charge on any atom is 0.277 e. The summed E-state index contributed by atoms with van der Waals surface area (Å²) < 4.78 is 6.58. The third-order valence-electron chi connectivity index (χ3n) is 3.51. The topological polar surface area (TPSA) is 56.0 Å². The fourth-order valence-electron chi connectivity index (χ4n) is 2.11. The Balaban J connectivity index is 1.63. The number of benzene rings is 2. The van der Waals surface area contributed by atoms with E-state index in [9.17, 15) is 4.79 Å². The summed E-state index contributed by atoms with van der Waals surface area (Å²) in [5, 5.41) is 8.45. The van der Waals surface area contributed by atoms with Gasteiger partial charge in [0.05, 0.1) is 5.75 Å². The molecular weight excluding hydrogens is 388 g/mol. The van der Waals surface area contributed by atoms with E-state index in [1.54, 1.807) is 12.1 Å². The summed E-state index contributed by atoms with van der Waals surface area (Å²) in [5.41, 5.74) is 2.80. The molecule has 0 unspecified atom stereocenters. The van der Waals surface area contributed by atoms with Gasteiger partial charge in [0.15, 0.2) is 5.78 Å². The van der Waals surface area contributed by atoms with Gasteiger partial charge >= 0.3 is 0 Å². The van der Waals surface area contributed by atoms with E-state index in [0.717, 1.165) is 16.5 Å². The van der Waals surface area contributed by atoms with E-state index in [0.29, 0.717) is 16.7 Å². The molecular formula is C18H15BrN2O2S. The summed E-state index contributed by atoms with van der Waals surface area (Å²) in [4.78, 5) is 12.2. The largest absolute Gasteiger partial charge is 0.411 e. The van der Waals surface area contributed by atoms with Gasteiger partial charge in [-0.3, -0.25) is 4.79 Å². The lowest BCUT2D eigenvalue weighted by Crippen LogP contribution is -2.01. The van der Waals surface area contributed by atoms with Crippen molar-refractivity contribution < 1.29 is 9.21 Å². The van der Waals surface area contributed by atoms with Crippen molar-refractivity contribution in [2.75, 3.05) is 5.75 Å². The molecule has 0 aliphatic heterocycles. The molecule has 24 heavy (non-hydrogen) atoms. The third-order valence-corrected chi connectivity index (χ3v) is 4.86. The predicted molar refractivity (Wildman–Crippen MR) is 98.3 cm³/mol. The Kier molecular flexibility index (Phi) is 5.48. The molecule has 0 N–H and O–H groups in total. The zero-order chi connectivity index (χ0) is 16.9. The predicted octanol–water partition coefficient (Wildman–Crippen LogP) is 5.04. The fourth-order valence-corrected chi connectivity index (χ4v) is 3.04. The Hall–Kier alpha value is -1.92. The second kappa shape index (κ2) is 7.77. The molecule has 0 fully saturated rings.